The summed E-state index contributed by atoms with van der Waals surface area (Å²) in [6, 6.07) is 17.9. The molecule has 0 fully saturated rings. The van der Waals surface area contributed by atoms with Gasteiger partial charge in [-0.1, -0.05) is 24.3 Å². The van der Waals surface area contributed by atoms with Gasteiger partial charge < -0.3 is 19.9 Å². The number of benzene rings is 2. The first-order valence-corrected chi connectivity index (χ1v) is 10.0. The summed E-state index contributed by atoms with van der Waals surface area (Å²) in [5, 5.41) is 9.85. The molecule has 0 aliphatic carbocycles. The second-order valence-corrected chi connectivity index (χ2v) is 7.67. The van der Waals surface area contributed by atoms with Crippen molar-refractivity contribution in [2.45, 2.75) is 5.92 Å². The first-order valence-electron chi connectivity index (χ1n) is 10.0. The fraction of sp³-hybridized carbons (Fsp3) is 0.240. The molecule has 2 heterocycles. The van der Waals surface area contributed by atoms with Crippen molar-refractivity contribution in [3.63, 3.8) is 0 Å². The van der Waals surface area contributed by atoms with Gasteiger partial charge in [0, 0.05) is 18.7 Å². The number of nitriles is 1. The van der Waals surface area contributed by atoms with E-state index in [1.165, 1.54) is 0 Å². The zero-order valence-electron chi connectivity index (χ0n) is 17.9. The van der Waals surface area contributed by atoms with E-state index in [1.54, 1.807) is 14.2 Å². The summed E-state index contributed by atoms with van der Waals surface area (Å²) in [6.45, 7) is 1.40. The van der Waals surface area contributed by atoms with Crippen molar-refractivity contribution in [3.05, 3.63) is 88.0 Å². The van der Waals surface area contributed by atoms with Crippen LogP contribution in [0.3, 0.4) is 0 Å². The highest BCUT2D eigenvalue weighted by Crippen LogP contribution is 2.43. The van der Waals surface area contributed by atoms with Gasteiger partial charge in [0.15, 0.2) is 0 Å². The summed E-state index contributed by atoms with van der Waals surface area (Å²) in [4.78, 5) is 2.21. The predicted molar refractivity (Wildman–Crippen MR) is 119 cm³/mol. The topological polar surface area (TPSA) is 80.7 Å². The van der Waals surface area contributed by atoms with E-state index in [1.807, 2.05) is 48.5 Å². The third-order valence-corrected chi connectivity index (χ3v) is 5.60. The van der Waals surface area contributed by atoms with Gasteiger partial charge in [-0.2, -0.15) is 5.26 Å². The second-order valence-electron chi connectivity index (χ2n) is 7.67. The molecule has 2 aromatic carbocycles. The monoisotopic (exact) mass is 415 g/mol. The maximum Gasteiger partial charge on any atom is 0.205 e. The Morgan fingerprint density at radius 1 is 1.03 bits per heavy atom. The van der Waals surface area contributed by atoms with Crippen LogP contribution in [0.1, 0.15) is 17.0 Å². The summed E-state index contributed by atoms with van der Waals surface area (Å²) in [6.07, 6.45) is 2.10. The van der Waals surface area contributed by atoms with Crippen LogP contribution in [0.2, 0.25) is 0 Å². The highest BCUT2D eigenvalue weighted by Gasteiger charge is 2.37. The minimum Gasteiger partial charge on any atom is -0.497 e. The maximum absolute atomic E-state index is 9.85. The van der Waals surface area contributed by atoms with E-state index in [4.69, 9.17) is 19.9 Å². The Labute approximate surface area is 182 Å². The van der Waals surface area contributed by atoms with E-state index >= 15 is 0 Å². The standard InChI is InChI=1S/C25H25N3O3/c1-28-14-18(12-16-4-8-19(29-2)9-5-16)24-22(15-28)23(21(13-26)25(27)31-24)17-6-10-20(30-3)11-7-17/h4-12,23H,14-15,27H2,1-3H3/b18-12+/t23-/m0/s1. The van der Waals surface area contributed by atoms with Gasteiger partial charge in [0.25, 0.3) is 0 Å². The van der Waals surface area contributed by atoms with Gasteiger partial charge in [-0.05, 0) is 54.1 Å². The minimum atomic E-state index is -0.262. The number of hydrogen-bond acceptors (Lipinski definition) is 6. The molecule has 0 saturated heterocycles. The Hall–Kier alpha value is -3.69. The smallest absolute Gasteiger partial charge is 0.205 e. The Balaban J connectivity index is 1.81. The van der Waals surface area contributed by atoms with E-state index in [-0.39, 0.29) is 11.8 Å². The van der Waals surface area contributed by atoms with Crippen molar-refractivity contribution in [3.8, 4) is 17.6 Å². The number of nitrogens with zero attached hydrogens (tertiary/aromatic N) is 2. The lowest BCUT2D eigenvalue weighted by molar-refractivity contribution is 0.251. The fourth-order valence-electron chi connectivity index (χ4n) is 4.12. The van der Waals surface area contributed by atoms with Crippen LogP contribution in [0.25, 0.3) is 6.08 Å². The van der Waals surface area contributed by atoms with Crippen molar-refractivity contribution in [1.29, 1.82) is 5.26 Å². The van der Waals surface area contributed by atoms with Crippen molar-refractivity contribution in [2.75, 3.05) is 34.4 Å². The van der Waals surface area contributed by atoms with Crippen molar-refractivity contribution in [2.24, 2.45) is 5.73 Å². The lowest BCUT2D eigenvalue weighted by Crippen LogP contribution is -2.35. The molecule has 2 N–H and O–H groups in total. The molecule has 2 aliphatic heterocycles. The van der Waals surface area contributed by atoms with Crippen LogP contribution in [-0.4, -0.2) is 39.3 Å². The largest absolute Gasteiger partial charge is 0.497 e. The summed E-state index contributed by atoms with van der Waals surface area (Å²) >= 11 is 0. The van der Waals surface area contributed by atoms with E-state index in [0.29, 0.717) is 12.1 Å². The average Bonchev–Trinajstić information content (AvgIpc) is 2.79. The Morgan fingerprint density at radius 3 is 2.23 bits per heavy atom. The molecule has 158 valence electrons. The first-order chi connectivity index (χ1) is 15.0. The van der Waals surface area contributed by atoms with Crippen LogP contribution in [0, 0.1) is 11.3 Å². The average molecular weight is 415 g/mol. The van der Waals surface area contributed by atoms with Gasteiger partial charge >= 0.3 is 0 Å². The molecule has 4 rings (SSSR count). The second kappa shape index (κ2) is 8.58. The lowest BCUT2D eigenvalue weighted by atomic mass is 9.80. The third kappa shape index (κ3) is 4.00. The summed E-state index contributed by atoms with van der Waals surface area (Å²) in [5.41, 5.74) is 10.7. The van der Waals surface area contributed by atoms with E-state index in [9.17, 15) is 5.26 Å². The van der Waals surface area contributed by atoms with Crippen molar-refractivity contribution < 1.29 is 14.2 Å². The molecule has 2 aliphatic rings. The van der Waals surface area contributed by atoms with Gasteiger partial charge in [-0.3, -0.25) is 4.90 Å². The van der Waals surface area contributed by atoms with Gasteiger partial charge in [0.05, 0.1) is 20.1 Å². The zero-order chi connectivity index (χ0) is 22.0. The molecular formula is C25H25N3O3. The lowest BCUT2D eigenvalue weighted by Gasteiger charge is -2.36. The van der Waals surface area contributed by atoms with Gasteiger partial charge in [-0.15, -0.1) is 0 Å². The molecule has 0 spiro atoms. The highest BCUT2D eigenvalue weighted by atomic mass is 16.5. The number of hydrogen-bond donors (Lipinski definition) is 1. The van der Waals surface area contributed by atoms with Gasteiger partial charge in [-0.25, -0.2) is 0 Å². The molecule has 0 radical (unpaired) electrons. The summed E-state index contributed by atoms with van der Waals surface area (Å²) in [5.74, 6) is 2.23. The molecule has 0 unspecified atom stereocenters. The van der Waals surface area contributed by atoms with Crippen LogP contribution >= 0.6 is 0 Å². The molecule has 0 amide bonds. The Morgan fingerprint density at radius 2 is 1.65 bits per heavy atom. The highest BCUT2D eigenvalue weighted by molar-refractivity contribution is 5.63. The molecule has 31 heavy (non-hydrogen) atoms. The Kier molecular flexibility index (Phi) is 5.70. The van der Waals surface area contributed by atoms with E-state index < -0.39 is 0 Å². The van der Waals surface area contributed by atoms with Crippen molar-refractivity contribution in [1.82, 2.24) is 4.90 Å². The Bertz CT molecular complexity index is 1110. The number of allylic oxidation sites excluding steroid dienone is 1. The SMILES string of the molecule is COc1ccc(/C=C2\CN(C)CC3=C2OC(N)=C(C#N)[C@@H]3c2ccc(OC)cc2)cc1. The molecule has 6 nitrogen and oxygen atoms in total. The van der Waals surface area contributed by atoms with E-state index in [0.717, 1.165) is 46.1 Å². The van der Waals surface area contributed by atoms with Crippen molar-refractivity contribution >= 4 is 6.08 Å². The maximum atomic E-state index is 9.85. The van der Waals surface area contributed by atoms with Crippen LogP contribution in [-0.2, 0) is 4.74 Å². The molecular weight excluding hydrogens is 390 g/mol. The summed E-state index contributed by atoms with van der Waals surface area (Å²) in [7, 11) is 5.34. The predicted octanol–water partition coefficient (Wildman–Crippen LogP) is 3.79. The first kappa shape index (κ1) is 20.6. The number of methoxy groups -OCH3 is 2. The van der Waals surface area contributed by atoms with Crippen LogP contribution in [0.4, 0.5) is 0 Å². The normalized spacial score (nSPS) is 20.2. The zero-order valence-corrected chi connectivity index (χ0v) is 17.9. The van der Waals surface area contributed by atoms with Gasteiger partial charge in [0.1, 0.15) is 28.9 Å². The molecule has 1 atom stereocenters. The molecule has 0 bridgehead atoms. The number of ether oxygens (including phenoxy) is 3. The molecule has 0 saturated carbocycles. The molecule has 0 aromatic heterocycles. The summed E-state index contributed by atoms with van der Waals surface area (Å²) < 4.78 is 16.6. The van der Waals surface area contributed by atoms with Crippen LogP contribution < -0.4 is 15.2 Å². The minimum absolute atomic E-state index is 0.159. The quantitative estimate of drug-likeness (QED) is 0.818. The third-order valence-electron chi connectivity index (χ3n) is 5.60. The molecule has 2 aromatic rings. The van der Waals surface area contributed by atoms with Crippen LogP contribution in [0.15, 0.2) is 76.9 Å². The van der Waals surface area contributed by atoms with Crippen LogP contribution in [0.5, 0.6) is 11.5 Å². The number of likely N-dealkylation sites (N-methyl/N-ethyl adjacent to an activating group) is 1. The molecule has 6 heteroatoms. The fourth-order valence-corrected chi connectivity index (χ4v) is 4.12. The number of nitrogens with two attached hydrogens (primary N) is 1. The number of rotatable bonds is 4. The van der Waals surface area contributed by atoms with E-state index in [2.05, 4.69) is 24.1 Å². The van der Waals surface area contributed by atoms with Gasteiger partial charge in [0.2, 0.25) is 5.88 Å².